The highest BCUT2D eigenvalue weighted by Crippen LogP contribution is 2.23. The molecule has 5 heteroatoms. The zero-order valence-electron chi connectivity index (χ0n) is 12.9. The van der Waals surface area contributed by atoms with Crippen LogP contribution in [-0.2, 0) is 0 Å². The Kier molecular flexibility index (Phi) is 5.33. The molecule has 1 heterocycles. The van der Waals surface area contributed by atoms with Gasteiger partial charge in [-0.05, 0) is 36.6 Å². The van der Waals surface area contributed by atoms with E-state index in [1.165, 1.54) is 0 Å². The van der Waals surface area contributed by atoms with E-state index in [1.807, 2.05) is 38.1 Å². The topological polar surface area (TPSA) is 74.2 Å². The van der Waals surface area contributed by atoms with Crippen LogP contribution in [0.25, 0.3) is 11.5 Å². The molecule has 1 unspecified atom stereocenters. The van der Waals surface area contributed by atoms with Gasteiger partial charge in [-0.15, -0.1) is 0 Å². The van der Waals surface area contributed by atoms with Crippen LogP contribution < -0.4 is 10.5 Å². The van der Waals surface area contributed by atoms with Crippen LogP contribution in [0.5, 0.6) is 5.75 Å². The zero-order chi connectivity index (χ0) is 15.2. The van der Waals surface area contributed by atoms with E-state index in [0.717, 1.165) is 30.8 Å². The molecule has 0 aliphatic carbocycles. The molecule has 0 radical (unpaired) electrons. The number of nitrogens with two attached hydrogens (primary N) is 1. The first-order valence-corrected chi connectivity index (χ1v) is 7.44. The molecule has 0 saturated carbocycles. The minimum absolute atomic E-state index is 0.209. The van der Waals surface area contributed by atoms with Crippen molar-refractivity contribution in [3.63, 3.8) is 0 Å². The average molecular weight is 289 g/mol. The third-order valence-electron chi connectivity index (χ3n) is 3.33. The van der Waals surface area contributed by atoms with Crippen LogP contribution in [0, 0.1) is 5.92 Å². The molecule has 0 bridgehead atoms. The molecule has 2 rings (SSSR count). The van der Waals surface area contributed by atoms with E-state index in [4.69, 9.17) is 15.0 Å². The summed E-state index contributed by atoms with van der Waals surface area (Å²) in [5.41, 5.74) is 6.88. The third kappa shape index (κ3) is 4.04. The molecular weight excluding hydrogens is 266 g/mol. The summed E-state index contributed by atoms with van der Waals surface area (Å²) in [5.74, 6) is 2.15. The van der Waals surface area contributed by atoms with Crippen molar-refractivity contribution < 1.29 is 9.26 Å². The van der Waals surface area contributed by atoms with Gasteiger partial charge in [0.05, 0.1) is 12.6 Å². The fourth-order valence-corrected chi connectivity index (χ4v) is 1.81. The van der Waals surface area contributed by atoms with Gasteiger partial charge in [-0.25, -0.2) is 0 Å². The maximum atomic E-state index is 6.02. The summed E-state index contributed by atoms with van der Waals surface area (Å²) in [4.78, 5) is 4.36. The van der Waals surface area contributed by atoms with Gasteiger partial charge in [0.2, 0.25) is 0 Å². The first kappa shape index (κ1) is 15.5. The molecule has 21 heavy (non-hydrogen) atoms. The molecule has 2 aromatic rings. The molecule has 2 N–H and O–H groups in total. The Hall–Kier alpha value is -1.88. The van der Waals surface area contributed by atoms with Crippen LogP contribution in [0.2, 0.25) is 0 Å². The van der Waals surface area contributed by atoms with Crippen molar-refractivity contribution in [3.05, 3.63) is 30.1 Å². The van der Waals surface area contributed by atoms with E-state index in [9.17, 15) is 0 Å². The smallest absolute Gasteiger partial charge is 0.257 e. The van der Waals surface area contributed by atoms with Gasteiger partial charge in [0, 0.05) is 5.56 Å². The zero-order valence-corrected chi connectivity index (χ0v) is 12.9. The van der Waals surface area contributed by atoms with Gasteiger partial charge in [-0.1, -0.05) is 32.3 Å². The van der Waals surface area contributed by atoms with Crippen LogP contribution in [-0.4, -0.2) is 16.7 Å². The molecule has 1 aromatic carbocycles. The number of hydrogen-bond donors (Lipinski definition) is 1. The predicted octanol–water partition coefficient (Wildman–Crippen LogP) is 3.57. The van der Waals surface area contributed by atoms with E-state index in [-0.39, 0.29) is 12.0 Å². The van der Waals surface area contributed by atoms with Gasteiger partial charge in [-0.2, -0.15) is 4.98 Å². The molecule has 0 spiro atoms. The van der Waals surface area contributed by atoms with Crippen molar-refractivity contribution in [2.45, 2.75) is 39.7 Å². The summed E-state index contributed by atoms with van der Waals surface area (Å²) in [6.45, 7) is 6.94. The van der Waals surface area contributed by atoms with Crippen LogP contribution in [0.1, 0.15) is 45.5 Å². The second-order valence-electron chi connectivity index (χ2n) is 5.45. The van der Waals surface area contributed by atoms with E-state index in [0.29, 0.717) is 11.7 Å². The minimum Gasteiger partial charge on any atom is -0.494 e. The van der Waals surface area contributed by atoms with Crippen molar-refractivity contribution in [3.8, 4) is 17.2 Å². The SMILES string of the molecule is CCCCOc1ccc(-c2nc(C(N)C(C)C)no2)cc1. The monoisotopic (exact) mass is 289 g/mol. The lowest BCUT2D eigenvalue weighted by Crippen LogP contribution is -2.18. The number of ether oxygens (including phenoxy) is 1. The van der Waals surface area contributed by atoms with Crippen molar-refractivity contribution in [1.82, 2.24) is 10.1 Å². The first-order valence-electron chi connectivity index (χ1n) is 7.44. The fraction of sp³-hybridized carbons (Fsp3) is 0.500. The van der Waals surface area contributed by atoms with Crippen LogP contribution in [0.15, 0.2) is 28.8 Å². The Labute approximate surface area is 125 Å². The summed E-state index contributed by atoms with van der Waals surface area (Å²) >= 11 is 0. The summed E-state index contributed by atoms with van der Waals surface area (Å²) in [7, 11) is 0. The Morgan fingerprint density at radius 1 is 1.24 bits per heavy atom. The quantitative estimate of drug-likeness (QED) is 0.789. The van der Waals surface area contributed by atoms with E-state index < -0.39 is 0 Å². The third-order valence-corrected chi connectivity index (χ3v) is 3.33. The van der Waals surface area contributed by atoms with Crippen molar-refractivity contribution >= 4 is 0 Å². The second kappa shape index (κ2) is 7.22. The lowest BCUT2D eigenvalue weighted by Gasteiger charge is -2.09. The number of rotatable bonds is 7. The number of aromatic nitrogens is 2. The summed E-state index contributed by atoms with van der Waals surface area (Å²) < 4.78 is 10.9. The molecule has 0 amide bonds. The van der Waals surface area contributed by atoms with Gasteiger partial charge in [0.15, 0.2) is 5.82 Å². The fourth-order valence-electron chi connectivity index (χ4n) is 1.81. The van der Waals surface area contributed by atoms with Gasteiger partial charge in [-0.3, -0.25) is 0 Å². The maximum Gasteiger partial charge on any atom is 0.257 e. The van der Waals surface area contributed by atoms with Crippen molar-refractivity contribution in [1.29, 1.82) is 0 Å². The average Bonchev–Trinajstić information content (AvgIpc) is 2.97. The molecule has 0 aliphatic rings. The molecular formula is C16H23N3O2. The highest BCUT2D eigenvalue weighted by molar-refractivity contribution is 5.54. The molecule has 1 aromatic heterocycles. The van der Waals surface area contributed by atoms with Crippen LogP contribution >= 0.6 is 0 Å². The summed E-state index contributed by atoms with van der Waals surface area (Å²) in [6.07, 6.45) is 2.18. The van der Waals surface area contributed by atoms with E-state index >= 15 is 0 Å². The molecule has 114 valence electrons. The largest absolute Gasteiger partial charge is 0.494 e. The van der Waals surface area contributed by atoms with Crippen molar-refractivity contribution in [2.75, 3.05) is 6.61 Å². The van der Waals surface area contributed by atoms with Crippen LogP contribution in [0.3, 0.4) is 0 Å². The van der Waals surface area contributed by atoms with Gasteiger partial charge in [0.25, 0.3) is 5.89 Å². The number of hydrogen-bond acceptors (Lipinski definition) is 5. The lowest BCUT2D eigenvalue weighted by molar-refractivity contribution is 0.309. The summed E-state index contributed by atoms with van der Waals surface area (Å²) in [5, 5.41) is 3.95. The standard InChI is InChI=1S/C16H23N3O2/c1-4-5-10-20-13-8-6-12(7-9-13)16-18-15(19-21-16)14(17)11(2)3/h6-9,11,14H,4-5,10,17H2,1-3H3. The Morgan fingerprint density at radius 2 is 1.95 bits per heavy atom. The van der Waals surface area contributed by atoms with Gasteiger partial charge in [0.1, 0.15) is 5.75 Å². The lowest BCUT2D eigenvalue weighted by atomic mass is 10.1. The number of unbranched alkanes of at least 4 members (excludes halogenated alkanes) is 1. The predicted molar refractivity (Wildman–Crippen MR) is 81.9 cm³/mol. The number of nitrogens with zero attached hydrogens (tertiary/aromatic N) is 2. The van der Waals surface area contributed by atoms with Crippen LogP contribution in [0.4, 0.5) is 0 Å². The molecule has 5 nitrogen and oxygen atoms in total. The van der Waals surface area contributed by atoms with E-state index in [1.54, 1.807) is 0 Å². The molecule has 0 saturated heterocycles. The summed E-state index contributed by atoms with van der Waals surface area (Å²) in [6, 6.07) is 7.45. The minimum atomic E-state index is -0.209. The normalized spacial score (nSPS) is 12.6. The number of benzene rings is 1. The highest BCUT2D eigenvalue weighted by atomic mass is 16.5. The molecule has 1 atom stereocenters. The Balaban J connectivity index is 2.05. The first-order chi connectivity index (χ1) is 10.1. The van der Waals surface area contributed by atoms with Gasteiger partial charge < -0.3 is 15.0 Å². The second-order valence-corrected chi connectivity index (χ2v) is 5.45. The molecule has 0 aliphatic heterocycles. The highest BCUT2D eigenvalue weighted by Gasteiger charge is 2.18. The van der Waals surface area contributed by atoms with E-state index in [2.05, 4.69) is 17.1 Å². The molecule has 0 fully saturated rings. The van der Waals surface area contributed by atoms with Gasteiger partial charge >= 0.3 is 0 Å². The van der Waals surface area contributed by atoms with Crippen molar-refractivity contribution in [2.24, 2.45) is 11.7 Å². The Bertz CT molecular complexity index is 549. The maximum absolute atomic E-state index is 6.02. The Morgan fingerprint density at radius 3 is 2.57 bits per heavy atom.